The Bertz CT molecular complexity index is 673. The maximum absolute atomic E-state index is 12.0. The summed E-state index contributed by atoms with van der Waals surface area (Å²) in [5.41, 5.74) is 3.82. The minimum Gasteiger partial charge on any atom is -0.465 e. The molecule has 114 valence electrons. The molecular weight excluding hydrogens is 280 g/mol. The average Bonchev–Trinajstić information content (AvgIpc) is 2.51. The zero-order valence-corrected chi connectivity index (χ0v) is 12.8. The third-order valence-electron chi connectivity index (χ3n) is 3.28. The first kappa shape index (κ1) is 15.6. The Morgan fingerprint density at radius 3 is 2.05 bits per heavy atom. The Labute approximate surface area is 129 Å². The number of carbonyl (C=O) groups is 2. The van der Waals surface area contributed by atoms with Gasteiger partial charge in [-0.25, -0.2) is 9.59 Å². The van der Waals surface area contributed by atoms with E-state index in [9.17, 15) is 9.59 Å². The Morgan fingerprint density at radius 2 is 1.50 bits per heavy atom. The lowest BCUT2D eigenvalue weighted by molar-refractivity contribution is 0.0601. The van der Waals surface area contributed by atoms with Crippen LogP contribution < -0.4 is 10.6 Å². The third-order valence-corrected chi connectivity index (χ3v) is 3.28. The van der Waals surface area contributed by atoms with Gasteiger partial charge >= 0.3 is 12.0 Å². The van der Waals surface area contributed by atoms with Crippen molar-refractivity contribution in [2.45, 2.75) is 13.8 Å². The number of esters is 1. The molecular formula is C17H18N2O3. The highest BCUT2D eigenvalue weighted by Crippen LogP contribution is 2.20. The number of amides is 2. The largest absolute Gasteiger partial charge is 0.465 e. The Hall–Kier alpha value is -2.82. The van der Waals surface area contributed by atoms with Gasteiger partial charge < -0.3 is 15.4 Å². The van der Waals surface area contributed by atoms with Crippen LogP contribution >= 0.6 is 0 Å². The lowest BCUT2D eigenvalue weighted by Gasteiger charge is -2.12. The van der Waals surface area contributed by atoms with Crippen molar-refractivity contribution in [3.63, 3.8) is 0 Å². The fourth-order valence-corrected chi connectivity index (χ4v) is 2.09. The molecule has 0 aliphatic heterocycles. The Kier molecular flexibility index (Phi) is 4.78. The van der Waals surface area contributed by atoms with Crippen LogP contribution in [0.4, 0.5) is 16.2 Å². The van der Waals surface area contributed by atoms with E-state index in [1.807, 2.05) is 32.0 Å². The summed E-state index contributed by atoms with van der Waals surface area (Å²) in [5, 5.41) is 5.56. The number of benzene rings is 2. The van der Waals surface area contributed by atoms with Gasteiger partial charge in [0.2, 0.25) is 0 Å². The zero-order valence-electron chi connectivity index (χ0n) is 12.8. The fraction of sp³-hybridized carbons (Fsp3) is 0.176. The van der Waals surface area contributed by atoms with Crippen molar-refractivity contribution in [1.29, 1.82) is 0 Å². The fourth-order valence-electron chi connectivity index (χ4n) is 2.09. The van der Waals surface area contributed by atoms with Gasteiger partial charge in [0, 0.05) is 11.4 Å². The number of aryl methyl sites for hydroxylation is 2. The van der Waals surface area contributed by atoms with E-state index in [0.717, 1.165) is 16.8 Å². The van der Waals surface area contributed by atoms with E-state index in [2.05, 4.69) is 15.4 Å². The molecule has 2 aromatic carbocycles. The number of methoxy groups -OCH3 is 1. The highest BCUT2D eigenvalue weighted by Gasteiger charge is 2.08. The van der Waals surface area contributed by atoms with E-state index >= 15 is 0 Å². The van der Waals surface area contributed by atoms with Crippen LogP contribution in [0.15, 0.2) is 42.5 Å². The average molecular weight is 298 g/mol. The van der Waals surface area contributed by atoms with Crippen molar-refractivity contribution < 1.29 is 14.3 Å². The second-order valence-corrected chi connectivity index (χ2v) is 4.91. The van der Waals surface area contributed by atoms with Crippen LogP contribution in [0.5, 0.6) is 0 Å². The lowest BCUT2D eigenvalue weighted by atomic mass is 10.1. The molecule has 0 aromatic heterocycles. The summed E-state index contributed by atoms with van der Waals surface area (Å²) in [4.78, 5) is 23.4. The molecule has 0 radical (unpaired) electrons. The highest BCUT2D eigenvalue weighted by atomic mass is 16.5. The molecule has 0 unspecified atom stereocenters. The van der Waals surface area contributed by atoms with Gasteiger partial charge in [-0.15, -0.1) is 0 Å². The van der Waals surface area contributed by atoms with E-state index in [4.69, 9.17) is 0 Å². The van der Waals surface area contributed by atoms with Crippen molar-refractivity contribution in [1.82, 2.24) is 0 Å². The van der Waals surface area contributed by atoms with Gasteiger partial charge in [0.15, 0.2) is 0 Å². The summed E-state index contributed by atoms with van der Waals surface area (Å²) in [6.07, 6.45) is 0. The van der Waals surface area contributed by atoms with Crippen LogP contribution in [-0.2, 0) is 4.74 Å². The van der Waals surface area contributed by atoms with Crippen LogP contribution in [0.3, 0.4) is 0 Å². The SMILES string of the molecule is COC(=O)c1ccc(NC(=O)Nc2c(C)cccc2C)cc1. The van der Waals surface area contributed by atoms with Crippen molar-refractivity contribution in [3.8, 4) is 0 Å². The normalized spacial score (nSPS) is 9.95. The second-order valence-electron chi connectivity index (χ2n) is 4.91. The summed E-state index contributed by atoms with van der Waals surface area (Å²) < 4.78 is 4.62. The van der Waals surface area contributed by atoms with Gasteiger partial charge in [-0.2, -0.15) is 0 Å². The van der Waals surface area contributed by atoms with Gasteiger partial charge in [0.05, 0.1) is 12.7 Å². The Balaban J connectivity index is 2.05. The summed E-state index contributed by atoms with van der Waals surface area (Å²) >= 11 is 0. The van der Waals surface area contributed by atoms with Crippen molar-refractivity contribution in [2.75, 3.05) is 17.7 Å². The number of urea groups is 1. The van der Waals surface area contributed by atoms with E-state index < -0.39 is 5.97 Å². The Morgan fingerprint density at radius 1 is 0.909 bits per heavy atom. The third kappa shape index (κ3) is 3.63. The molecule has 0 bridgehead atoms. The number of para-hydroxylation sites is 1. The maximum atomic E-state index is 12.0. The van der Waals surface area contributed by atoms with Gasteiger partial charge in [-0.3, -0.25) is 0 Å². The first-order chi connectivity index (χ1) is 10.5. The summed E-state index contributed by atoms with van der Waals surface area (Å²) in [5.74, 6) is -0.411. The minimum atomic E-state index is -0.411. The topological polar surface area (TPSA) is 67.4 Å². The molecule has 0 saturated heterocycles. The van der Waals surface area contributed by atoms with Crippen LogP contribution in [0, 0.1) is 13.8 Å². The number of rotatable bonds is 3. The summed E-state index contributed by atoms with van der Waals surface area (Å²) in [6, 6.07) is 12.0. The number of hydrogen-bond acceptors (Lipinski definition) is 3. The molecule has 0 spiro atoms. The number of hydrogen-bond donors (Lipinski definition) is 2. The van der Waals surface area contributed by atoms with Crippen LogP contribution in [0.2, 0.25) is 0 Å². The van der Waals surface area contributed by atoms with Crippen molar-refractivity contribution >= 4 is 23.4 Å². The molecule has 0 fully saturated rings. The smallest absolute Gasteiger partial charge is 0.337 e. The molecule has 2 amide bonds. The van der Waals surface area contributed by atoms with E-state index in [1.165, 1.54) is 7.11 Å². The van der Waals surface area contributed by atoms with Gasteiger partial charge in [0.25, 0.3) is 0 Å². The lowest BCUT2D eigenvalue weighted by Crippen LogP contribution is -2.20. The molecule has 0 atom stereocenters. The summed E-state index contributed by atoms with van der Waals surface area (Å²) in [7, 11) is 1.33. The number of nitrogens with one attached hydrogen (secondary N) is 2. The van der Waals surface area contributed by atoms with Crippen LogP contribution in [-0.4, -0.2) is 19.1 Å². The molecule has 0 saturated carbocycles. The molecule has 0 heterocycles. The quantitative estimate of drug-likeness (QED) is 0.848. The van der Waals surface area contributed by atoms with Gasteiger partial charge in [-0.05, 0) is 49.2 Å². The predicted octanol–water partition coefficient (Wildman–Crippen LogP) is 3.73. The van der Waals surface area contributed by atoms with Crippen molar-refractivity contribution in [3.05, 3.63) is 59.2 Å². The summed E-state index contributed by atoms with van der Waals surface area (Å²) in [6.45, 7) is 3.88. The molecule has 2 aromatic rings. The molecule has 5 heteroatoms. The molecule has 2 N–H and O–H groups in total. The number of anilines is 2. The standard InChI is InChI=1S/C17H18N2O3/c1-11-5-4-6-12(2)15(11)19-17(21)18-14-9-7-13(8-10-14)16(20)22-3/h4-10H,1-3H3,(H2,18,19,21). The molecule has 5 nitrogen and oxygen atoms in total. The van der Waals surface area contributed by atoms with E-state index in [0.29, 0.717) is 11.3 Å². The molecule has 0 aliphatic carbocycles. The minimum absolute atomic E-state index is 0.330. The predicted molar refractivity (Wildman–Crippen MR) is 86.3 cm³/mol. The first-order valence-electron chi connectivity index (χ1n) is 6.84. The first-order valence-corrected chi connectivity index (χ1v) is 6.84. The molecule has 2 rings (SSSR count). The van der Waals surface area contributed by atoms with Crippen molar-refractivity contribution in [2.24, 2.45) is 0 Å². The maximum Gasteiger partial charge on any atom is 0.337 e. The zero-order chi connectivity index (χ0) is 16.1. The molecule has 0 aliphatic rings. The monoisotopic (exact) mass is 298 g/mol. The molecule has 22 heavy (non-hydrogen) atoms. The number of carbonyl (C=O) groups excluding carboxylic acids is 2. The van der Waals surface area contributed by atoms with Crippen LogP contribution in [0.25, 0.3) is 0 Å². The van der Waals surface area contributed by atoms with Gasteiger partial charge in [-0.1, -0.05) is 18.2 Å². The second kappa shape index (κ2) is 6.76. The van der Waals surface area contributed by atoms with E-state index in [-0.39, 0.29) is 6.03 Å². The van der Waals surface area contributed by atoms with Crippen LogP contribution in [0.1, 0.15) is 21.5 Å². The van der Waals surface area contributed by atoms with E-state index in [1.54, 1.807) is 24.3 Å². The number of ether oxygens (including phenoxy) is 1. The highest BCUT2D eigenvalue weighted by molar-refractivity contribution is 6.01. The van der Waals surface area contributed by atoms with Gasteiger partial charge in [0.1, 0.15) is 0 Å².